The Hall–Kier alpha value is -1.98. The zero-order valence-electron chi connectivity index (χ0n) is 10.5. The van der Waals surface area contributed by atoms with Gasteiger partial charge >= 0.3 is 5.97 Å². The molecule has 0 spiro atoms. The summed E-state index contributed by atoms with van der Waals surface area (Å²) in [5, 5.41) is 11.1. The molecule has 0 aliphatic carbocycles. The standard InChI is InChI=1S/C13H15F2NO3/c1-2-4-8(13(18)19)7-16-12(17)11-9(14)5-3-6-10(11)15/h3,5-6,8H,2,4,7H2,1H3,(H,16,17)(H,18,19). The Balaban J connectivity index is 2.72. The van der Waals surface area contributed by atoms with Gasteiger partial charge in [0.05, 0.1) is 5.92 Å². The Morgan fingerprint density at radius 1 is 1.32 bits per heavy atom. The van der Waals surface area contributed by atoms with Crippen LogP contribution in [0.15, 0.2) is 18.2 Å². The summed E-state index contributed by atoms with van der Waals surface area (Å²) in [7, 11) is 0. The molecule has 1 unspecified atom stereocenters. The average molecular weight is 271 g/mol. The SMILES string of the molecule is CCCC(CNC(=O)c1c(F)cccc1F)C(=O)O. The van der Waals surface area contributed by atoms with Crippen LogP contribution in [-0.4, -0.2) is 23.5 Å². The second kappa shape index (κ2) is 6.82. The summed E-state index contributed by atoms with van der Waals surface area (Å²) in [4.78, 5) is 22.5. The van der Waals surface area contributed by atoms with Crippen molar-refractivity contribution in [1.29, 1.82) is 0 Å². The fourth-order valence-electron chi connectivity index (χ4n) is 1.68. The fraction of sp³-hybridized carbons (Fsp3) is 0.385. The average Bonchev–Trinajstić information content (AvgIpc) is 2.33. The first-order valence-corrected chi connectivity index (χ1v) is 5.92. The van der Waals surface area contributed by atoms with Crippen molar-refractivity contribution in [2.24, 2.45) is 5.92 Å². The zero-order valence-corrected chi connectivity index (χ0v) is 10.5. The van der Waals surface area contributed by atoms with Crippen LogP contribution in [0.2, 0.25) is 0 Å². The molecule has 0 radical (unpaired) electrons. The number of hydrogen-bond acceptors (Lipinski definition) is 2. The van der Waals surface area contributed by atoms with Gasteiger partial charge in [0.15, 0.2) is 0 Å². The van der Waals surface area contributed by atoms with Gasteiger partial charge in [-0.15, -0.1) is 0 Å². The molecule has 104 valence electrons. The van der Waals surface area contributed by atoms with Gasteiger partial charge in [0.2, 0.25) is 0 Å². The Labute approximate surface area is 109 Å². The zero-order chi connectivity index (χ0) is 14.4. The molecule has 1 amide bonds. The van der Waals surface area contributed by atoms with Crippen LogP contribution in [0.5, 0.6) is 0 Å². The molecule has 0 aliphatic rings. The molecule has 0 saturated heterocycles. The first kappa shape index (κ1) is 15.1. The fourth-order valence-corrected chi connectivity index (χ4v) is 1.68. The number of carboxylic acid groups (broad SMARTS) is 1. The summed E-state index contributed by atoms with van der Waals surface area (Å²) in [6, 6.07) is 3.09. The molecule has 0 aliphatic heterocycles. The summed E-state index contributed by atoms with van der Waals surface area (Å²) in [6.07, 6.45) is 1.02. The van der Waals surface area contributed by atoms with Gasteiger partial charge in [-0.3, -0.25) is 9.59 Å². The monoisotopic (exact) mass is 271 g/mol. The van der Waals surface area contributed by atoms with Crippen molar-refractivity contribution in [2.75, 3.05) is 6.54 Å². The van der Waals surface area contributed by atoms with Gasteiger partial charge in [0, 0.05) is 6.54 Å². The lowest BCUT2D eigenvalue weighted by molar-refractivity contribution is -0.141. The van der Waals surface area contributed by atoms with Crippen LogP contribution < -0.4 is 5.32 Å². The molecule has 0 heterocycles. The summed E-state index contributed by atoms with van der Waals surface area (Å²) >= 11 is 0. The lowest BCUT2D eigenvalue weighted by atomic mass is 10.0. The molecule has 1 aromatic rings. The number of nitrogens with one attached hydrogen (secondary N) is 1. The number of carbonyl (C=O) groups excluding carboxylic acids is 1. The highest BCUT2D eigenvalue weighted by atomic mass is 19.1. The number of benzene rings is 1. The van der Waals surface area contributed by atoms with E-state index in [4.69, 9.17) is 5.11 Å². The van der Waals surface area contributed by atoms with Gasteiger partial charge in [-0.05, 0) is 18.6 Å². The lowest BCUT2D eigenvalue weighted by Gasteiger charge is -2.12. The van der Waals surface area contributed by atoms with Crippen LogP contribution in [-0.2, 0) is 4.79 Å². The van der Waals surface area contributed by atoms with Gasteiger partial charge < -0.3 is 10.4 Å². The number of rotatable bonds is 6. The molecule has 0 fully saturated rings. The Bertz CT molecular complexity index is 457. The van der Waals surface area contributed by atoms with Crippen LogP contribution in [0.1, 0.15) is 30.1 Å². The minimum atomic E-state index is -1.05. The highest BCUT2D eigenvalue weighted by molar-refractivity contribution is 5.94. The van der Waals surface area contributed by atoms with E-state index < -0.39 is 35.0 Å². The van der Waals surface area contributed by atoms with E-state index in [1.807, 2.05) is 6.92 Å². The molecule has 4 nitrogen and oxygen atoms in total. The van der Waals surface area contributed by atoms with E-state index in [1.54, 1.807) is 0 Å². The number of hydrogen-bond donors (Lipinski definition) is 2. The smallest absolute Gasteiger partial charge is 0.308 e. The molecular formula is C13H15F2NO3. The van der Waals surface area contributed by atoms with Crippen molar-refractivity contribution < 1.29 is 23.5 Å². The van der Waals surface area contributed by atoms with E-state index in [2.05, 4.69) is 5.32 Å². The summed E-state index contributed by atoms with van der Waals surface area (Å²) in [6.45, 7) is 1.66. The van der Waals surface area contributed by atoms with Crippen LogP contribution in [0, 0.1) is 17.6 Å². The Kier molecular flexibility index (Phi) is 5.41. The number of carboxylic acids is 1. The first-order chi connectivity index (χ1) is 8.97. The van der Waals surface area contributed by atoms with E-state index in [0.717, 1.165) is 18.2 Å². The van der Waals surface area contributed by atoms with Crippen molar-refractivity contribution >= 4 is 11.9 Å². The molecule has 6 heteroatoms. The van der Waals surface area contributed by atoms with Crippen molar-refractivity contribution in [3.8, 4) is 0 Å². The normalized spacial score (nSPS) is 11.9. The number of carbonyl (C=O) groups is 2. The van der Waals surface area contributed by atoms with E-state index >= 15 is 0 Å². The van der Waals surface area contributed by atoms with Gasteiger partial charge in [-0.2, -0.15) is 0 Å². The second-order valence-corrected chi connectivity index (χ2v) is 4.13. The molecule has 19 heavy (non-hydrogen) atoms. The van der Waals surface area contributed by atoms with Gasteiger partial charge in [-0.25, -0.2) is 8.78 Å². The quantitative estimate of drug-likeness (QED) is 0.833. The van der Waals surface area contributed by atoms with Crippen LogP contribution in [0.25, 0.3) is 0 Å². The molecule has 2 N–H and O–H groups in total. The molecule has 0 bridgehead atoms. The van der Waals surface area contributed by atoms with Crippen LogP contribution >= 0.6 is 0 Å². The van der Waals surface area contributed by atoms with Crippen molar-refractivity contribution in [1.82, 2.24) is 5.32 Å². The molecule has 1 atom stereocenters. The second-order valence-electron chi connectivity index (χ2n) is 4.13. The van der Waals surface area contributed by atoms with E-state index in [0.29, 0.717) is 12.8 Å². The molecule has 0 saturated carbocycles. The molecule has 1 aromatic carbocycles. The Morgan fingerprint density at radius 2 is 1.89 bits per heavy atom. The third kappa shape index (κ3) is 4.01. The predicted octanol–water partition coefficient (Wildman–Crippen LogP) is 2.20. The molecule has 1 rings (SSSR count). The first-order valence-electron chi connectivity index (χ1n) is 5.92. The number of amides is 1. The number of aliphatic carboxylic acids is 1. The third-order valence-electron chi connectivity index (χ3n) is 2.69. The van der Waals surface area contributed by atoms with Gasteiger partial charge in [-0.1, -0.05) is 19.4 Å². The summed E-state index contributed by atoms with van der Waals surface area (Å²) in [5.74, 6) is -4.70. The van der Waals surface area contributed by atoms with Crippen LogP contribution in [0.4, 0.5) is 8.78 Å². The van der Waals surface area contributed by atoms with Crippen molar-refractivity contribution in [2.45, 2.75) is 19.8 Å². The largest absolute Gasteiger partial charge is 0.481 e. The van der Waals surface area contributed by atoms with E-state index in [-0.39, 0.29) is 6.54 Å². The maximum absolute atomic E-state index is 13.3. The Morgan fingerprint density at radius 3 is 2.37 bits per heavy atom. The van der Waals surface area contributed by atoms with E-state index in [1.165, 1.54) is 0 Å². The maximum Gasteiger partial charge on any atom is 0.308 e. The minimum Gasteiger partial charge on any atom is -0.481 e. The maximum atomic E-state index is 13.3. The highest BCUT2D eigenvalue weighted by Crippen LogP contribution is 2.12. The van der Waals surface area contributed by atoms with Crippen molar-refractivity contribution in [3.63, 3.8) is 0 Å². The van der Waals surface area contributed by atoms with Gasteiger partial charge in [0.1, 0.15) is 17.2 Å². The third-order valence-corrected chi connectivity index (χ3v) is 2.69. The summed E-state index contributed by atoms with van der Waals surface area (Å²) < 4.78 is 26.6. The topological polar surface area (TPSA) is 66.4 Å². The molecule has 0 aromatic heterocycles. The lowest BCUT2D eigenvalue weighted by Crippen LogP contribution is -2.33. The molecular weight excluding hydrogens is 256 g/mol. The highest BCUT2D eigenvalue weighted by Gasteiger charge is 2.21. The number of halogens is 2. The minimum absolute atomic E-state index is 0.157. The van der Waals surface area contributed by atoms with Crippen molar-refractivity contribution in [3.05, 3.63) is 35.4 Å². The van der Waals surface area contributed by atoms with Crippen LogP contribution in [0.3, 0.4) is 0 Å². The summed E-state index contributed by atoms with van der Waals surface area (Å²) in [5.41, 5.74) is -0.692. The van der Waals surface area contributed by atoms with Gasteiger partial charge in [0.25, 0.3) is 5.91 Å². The van der Waals surface area contributed by atoms with E-state index in [9.17, 15) is 18.4 Å². The predicted molar refractivity (Wildman–Crippen MR) is 64.7 cm³/mol.